The Bertz CT molecular complexity index is 3270. The summed E-state index contributed by atoms with van der Waals surface area (Å²) < 4.78 is 2.80. The van der Waals surface area contributed by atoms with Crippen LogP contribution in [0.4, 0.5) is 34.1 Å². The molecule has 0 saturated heterocycles. The molecule has 71 heavy (non-hydrogen) atoms. The van der Waals surface area contributed by atoms with Gasteiger partial charge in [-0.05, 0) is 167 Å². The summed E-state index contributed by atoms with van der Waals surface area (Å²) in [6, 6.07) is 42.3. The van der Waals surface area contributed by atoms with Gasteiger partial charge in [-0.25, -0.2) is 0 Å². The predicted molar refractivity (Wildman–Crippen MR) is 315 cm³/mol. The average molecular weight is 957 g/mol. The maximum atomic E-state index is 2.70. The van der Waals surface area contributed by atoms with Crippen LogP contribution in [0.1, 0.15) is 189 Å². The second-order valence-electron chi connectivity index (χ2n) is 28.4. The zero-order chi connectivity index (χ0) is 51.5. The normalized spacial score (nSPS) is 16.5. The summed E-state index contributed by atoms with van der Waals surface area (Å²) in [5.41, 5.74) is 24.2. The monoisotopic (exact) mass is 957 g/mol. The molecule has 0 radical (unpaired) electrons. The summed E-state index contributed by atoms with van der Waals surface area (Å²) in [4.78, 5) is 5.38. The van der Waals surface area contributed by atoms with Gasteiger partial charge < -0.3 is 9.80 Å². The molecule has 1 aliphatic carbocycles. The van der Waals surface area contributed by atoms with Gasteiger partial charge in [0.05, 0.1) is 11.4 Å². The van der Waals surface area contributed by atoms with Crippen molar-refractivity contribution in [3.05, 3.63) is 148 Å². The zero-order valence-electron chi connectivity index (χ0n) is 47.1. The van der Waals surface area contributed by atoms with E-state index in [1.807, 2.05) is 11.3 Å². The molecule has 2 nitrogen and oxygen atoms in total. The van der Waals surface area contributed by atoms with Crippen LogP contribution in [0.2, 0.25) is 0 Å². The Hall–Kier alpha value is -5.06. The van der Waals surface area contributed by atoms with Gasteiger partial charge in [-0.15, -0.1) is 11.3 Å². The van der Waals surface area contributed by atoms with Crippen molar-refractivity contribution in [2.45, 2.75) is 189 Å². The van der Waals surface area contributed by atoms with Crippen LogP contribution < -0.4 is 25.5 Å². The molecular weight excluding hydrogens is 876 g/mol. The first-order chi connectivity index (χ1) is 32.7. The number of fused-ring (bicyclic) bond motifs is 7. The van der Waals surface area contributed by atoms with E-state index >= 15 is 0 Å². The Labute approximate surface area is 433 Å². The van der Waals surface area contributed by atoms with Gasteiger partial charge in [-0.2, -0.15) is 0 Å². The second kappa shape index (κ2) is 16.0. The molecule has 0 saturated carbocycles. The Morgan fingerprint density at radius 3 is 1.55 bits per heavy atom. The van der Waals surface area contributed by atoms with Crippen LogP contribution >= 0.6 is 11.3 Å². The number of aryl methyl sites for hydroxylation is 1. The lowest BCUT2D eigenvalue weighted by molar-refractivity contribution is 0.332. The maximum absolute atomic E-state index is 2.70. The molecule has 7 aromatic rings. The highest BCUT2D eigenvalue weighted by atomic mass is 32.1. The summed E-state index contributed by atoms with van der Waals surface area (Å²) in [6.07, 6.45) is 2.37. The van der Waals surface area contributed by atoms with E-state index in [4.69, 9.17) is 0 Å². The first-order valence-corrected chi connectivity index (χ1v) is 27.5. The molecule has 3 heterocycles. The molecule has 0 atom stereocenters. The summed E-state index contributed by atoms with van der Waals surface area (Å²) in [5.74, 6) is 0. The van der Waals surface area contributed by atoms with Crippen LogP contribution in [0.25, 0.3) is 21.2 Å². The molecule has 6 aromatic carbocycles. The molecule has 4 heteroatoms. The minimum absolute atomic E-state index is 0.0254. The molecular formula is C67H81BN2S. The van der Waals surface area contributed by atoms with E-state index in [0.717, 1.165) is 0 Å². The molecule has 10 rings (SSSR count). The molecule has 0 N–H and O–H groups in total. The average Bonchev–Trinajstić information content (AvgIpc) is 3.64. The van der Waals surface area contributed by atoms with E-state index in [1.165, 1.54) is 128 Å². The largest absolute Gasteiger partial charge is 0.311 e. The van der Waals surface area contributed by atoms with Crippen molar-refractivity contribution in [1.29, 1.82) is 0 Å². The van der Waals surface area contributed by atoms with Gasteiger partial charge in [0.2, 0.25) is 0 Å². The van der Waals surface area contributed by atoms with Crippen molar-refractivity contribution < 1.29 is 0 Å². The first kappa shape index (κ1) is 49.5. The molecule has 368 valence electrons. The minimum Gasteiger partial charge on any atom is -0.311 e. The van der Waals surface area contributed by atoms with Crippen molar-refractivity contribution in [1.82, 2.24) is 0 Å². The predicted octanol–water partition coefficient (Wildman–Crippen LogP) is 17.8. The fourth-order valence-corrected chi connectivity index (χ4v) is 13.2. The van der Waals surface area contributed by atoms with E-state index in [0.29, 0.717) is 0 Å². The fraction of sp³-hybridized carbons (Fsp3) is 0.433. The number of hydrogen-bond acceptors (Lipinski definition) is 3. The standard InChI is InChI=1S/C67H81BN2S/c1-40-31-55-58-56(32-40)70(53-27-22-42(61(2,3)4)36-49(53)41-33-45(64(11,12)13)35-46(34-41)65(14,15)16)54-28-23-43(62(5,6)7)37-52(54)68(58)60-59(48-25-21-44(63(8,9)10)38-57(48)71-60)69(55)47-24-26-50-51(39-47)67(19,20)30-29-66(50,17)18/h21-28,31-39H,29-30H2,1-20H3. The van der Waals surface area contributed by atoms with E-state index in [9.17, 15) is 0 Å². The molecule has 0 fully saturated rings. The number of anilines is 6. The number of rotatable bonds is 3. The summed E-state index contributed by atoms with van der Waals surface area (Å²) in [5, 5.41) is 1.34. The zero-order valence-corrected chi connectivity index (χ0v) is 47.9. The van der Waals surface area contributed by atoms with Crippen LogP contribution in [-0.2, 0) is 37.9 Å². The van der Waals surface area contributed by atoms with Crippen molar-refractivity contribution in [2.24, 2.45) is 0 Å². The SMILES string of the molecule is Cc1cc2c3c(c1)N(c1ccc4c(c1)C(C)(C)CCC4(C)C)c1c(sc4cc(C(C)(C)C)ccc14)B3c1cc(C(C)(C)C)ccc1N2c1ccc(C(C)(C)C)cc1-c1cc(C(C)(C)C)cc(C(C)(C)C)c1. The van der Waals surface area contributed by atoms with Gasteiger partial charge in [0.1, 0.15) is 0 Å². The van der Waals surface area contributed by atoms with Gasteiger partial charge in [0.25, 0.3) is 6.71 Å². The van der Waals surface area contributed by atoms with E-state index < -0.39 is 0 Å². The molecule has 0 spiro atoms. The van der Waals surface area contributed by atoms with Gasteiger partial charge in [0.15, 0.2) is 0 Å². The van der Waals surface area contributed by atoms with Gasteiger partial charge in [0, 0.05) is 43.2 Å². The van der Waals surface area contributed by atoms with E-state index in [2.05, 4.69) is 251 Å². The van der Waals surface area contributed by atoms with Crippen LogP contribution in [0, 0.1) is 6.92 Å². The third-order valence-electron chi connectivity index (χ3n) is 16.7. The van der Waals surface area contributed by atoms with Crippen molar-refractivity contribution in [3.63, 3.8) is 0 Å². The summed E-state index contributed by atoms with van der Waals surface area (Å²) in [7, 11) is 0. The van der Waals surface area contributed by atoms with Gasteiger partial charge >= 0.3 is 0 Å². The topological polar surface area (TPSA) is 6.48 Å². The maximum Gasteiger partial charge on any atom is 0.264 e. The van der Waals surface area contributed by atoms with E-state index in [1.54, 1.807) is 0 Å². The molecule has 3 aliphatic rings. The van der Waals surface area contributed by atoms with E-state index in [-0.39, 0.29) is 44.6 Å². The Balaban J connectivity index is 1.34. The number of benzene rings is 6. The Morgan fingerprint density at radius 2 is 0.972 bits per heavy atom. The molecule has 0 amide bonds. The fourth-order valence-electron chi connectivity index (χ4n) is 11.9. The van der Waals surface area contributed by atoms with Crippen LogP contribution in [0.15, 0.2) is 103 Å². The molecule has 1 aromatic heterocycles. The van der Waals surface area contributed by atoms with Crippen LogP contribution in [0.3, 0.4) is 0 Å². The summed E-state index contributed by atoms with van der Waals surface area (Å²) in [6.45, 7) is 47.6. The minimum atomic E-state index is -0.0413. The van der Waals surface area contributed by atoms with Crippen molar-refractivity contribution >= 4 is 78.0 Å². The number of hydrogen-bond donors (Lipinski definition) is 0. The lowest BCUT2D eigenvalue weighted by Crippen LogP contribution is -2.60. The van der Waals surface area contributed by atoms with Gasteiger partial charge in [-0.3, -0.25) is 0 Å². The van der Waals surface area contributed by atoms with Crippen LogP contribution in [0.5, 0.6) is 0 Å². The quantitative estimate of drug-likeness (QED) is 0.163. The highest BCUT2D eigenvalue weighted by Crippen LogP contribution is 2.53. The molecule has 0 unspecified atom stereocenters. The summed E-state index contributed by atoms with van der Waals surface area (Å²) >= 11 is 2.03. The molecule has 2 aliphatic heterocycles. The van der Waals surface area contributed by atoms with Crippen LogP contribution in [-0.4, -0.2) is 6.71 Å². The third-order valence-corrected chi connectivity index (χ3v) is 17.9. The number of thiophene rings is 1. The number of nitrogens with zero attached hydrogens (tertiary/aromatic N) is 2. The highest BCUT2D eigenvalue weighted by Gasteiger charge is 2.47. The van der Waals surface area contributed by atoms with Crippen molar-refractivity contribution in [2.75, 3.05) is 9.80 Å². The Morgan fingerprint density at radius 1 is 0.465 bits per heavy atom. The second-order valence-corrected chi connectivity index (χ2v) is 29.5. The lowest BCUT2D eigenvalue weighted by atomic mass is 9.36. The first-order valence-electron chi connectivity index (χ1n) is 26.7. The molecule has 0 bridgehead atoms. The lowest BCUT2D eigenvalue weighted by Gasteiger charge is -2.45. The Kier molecular flexibility index (Phi) is 11.1. The third kappa shape index (κ3) is 8.31. The van der Waals surface area contributed by atoms with Gasteiger partial charge in [-0.1, -0.05) is 186 Å². The van der Waals surface area contributed by atoms with Crippen molar-refractivity contribution in [3.8, 4) is 11.1 Å². The highest BCUT2D eigenvalue weighted by molar-refractivity contribution is 7.33. The smallest absolute Gasteiger partial charge is 0.264 e.